The lowest BCUT2D eigenvalue weighted by Crippen LogP contribution is -2.46. The van der Waals surface area contributed by atoms with E-state index in [0.29, 0.717) is 6.54 Å². The summed E-state index contributed by atoms with van der Waals surface area (Å²) in [7, 11) is 3.55. The first kappa shape index (κ1) is 17.7. The smallest absolute Gasteiger partial charge is 0.241 e. The lowest BCUT2D eigenvalue weighted by molar-refractivity contribution is -0.135. The summed E-state index contributed by atoms with van der Waals surface area (Å²) in [4.78, 5) is 41.2. The van der Waals surface area contributed by atoms with Gasteiger partial charge in [-0.1, -0.05) is 0 Å². The zero-order valence-electron chi connectivity index (χ0n) is 14.2. The van der Waals surface area contributed by atoms with E-state index in [-0.39, 0.29) is 30.2 Å². The Morgan fingerprint density at radius 3 is 2.22 bits per heavy atom. The Labute approximate surface area is 138 Å². The average molecular weight is 324 g/mol. The fourth-order valence-corrected chi connectivity index (χ4v) is 3.21. The highest BCUT2D eigenvalue weighted by Gasteiger charge is 2.27. The van der Waals surface area contributed by atoms with E-state index in [0.717, 1.165) is 51.9 Å². The van der Waals surface area contributed by atoms with Crippen molar-refractivity contribution in [3.63, 3.8) is 0 Å². The van der Waals surface area contributed by atoms with Gasteiger partial charge in [0, 0.05) is 33.1 Å². The highest BCUT2D eigenvalue weighted by atomic mass is 16.2. The minimum absolute atomic E-state index is 0.00568. The van der Waals surface area contributed by atoms with Crippen LogP contribution in [0.3, 0.4) is 0 Å². The minimum atomic E-state index is -0.116. The third-order valence-electron chi connectivity index (χ3n) is 4.64. The van der Waals surface area contributed by atoms with Crippen LogP contribution in [-0.2, 0) is 14.4 Å². The van der Waals surface area contributed by atoms with Gasteiger partial charge in [-0.15, -0.1) is 0 Å². The van der Waals surface area contributed by atoms with Gasteiger partial charge < -0.3 is 15.1 Å². The predicted molar refractivity (Wildman–Crippen MR) is 86.7 cm³/mol. The van der Waals surface area contributed by atoms with E-state index >= 15 is 0 Å². The van der Waals surface area contributed by atoms with Crippen LogP contribution < -0.4 is 5.32 Å². The molecule has 2 rings (SSSR count). The van der Waals surface area contributed by atoms with Crippen molar-refractivity contribution in [2.75, 3.05) is 53.4 Å². The molecule has 2 aliphatic heterocycles. The number of carbonyl (C=O) groups excluding carboxylic acids is 3. The maximum absolute atomic E-state index is 12.0. The lowest BCUT2D eigenvalue weighted by atomic mass is 9.95. The number of rotatable bonds is 5. The second-order valence-electron chi connectivity index (χ2n) is 6.65. The van der Waals surface area contributed by atoms with E-state index in [9.17, 15) is 14.4 Å². The molecule has 0 saturated carbocycles. The molecule has 0 unspecified atom stereocenters. The standard InChI is InChI=1S/C16H28N4O3/c1-18(2)16(23)13-5-9-19(10-6-13)12-14(21)17-11-15(22)20-7-3-4-8-20/h13H,3-12H2,1-2H3,(H,17,21). The summed E-state index contributed by atoms with van der Waals surface area (Å²) in [5.74, 6) is 0.132. The Morgan fingerprint density at radius 1 is 1.04 bits per heavy atom. The predicted octanol–water partition coefficient (Wildman–Crippen LogP) is -0.475. The molecule has 0 radical (unpaired) electrons. The normalized spacial score (nSPS) is 19.7. The van der Waals surface area contributed by atoms with Crippen LogP contribution in [-0.4, -0.2) is 85.8 Å². The average Bonchev–Trinajstić information content (AvgIpc) is 3.07. The summed E-state index contributed by atoms with van der Waals surface area (Å²) >= 11 is 0. The molecule has 0 aromatic rings. The molecule has 7 nitrogen and oxygen atoms in total. The maximum Gasteiger partial charge on any atom is 0.241 e. The highest BCUT2D eigenvalue weighted by Crippen LogP contribution is 2.18. The first-order valence-corrected chi connectivity index (χ1v) is 8.45. The van der Waals surface area contributed by atoms with Crippen molar-refractivity contribution in [1.29, 1.82) is 0 Å². The van der Waals surface area contributed by atoms with Crippen LogP contribution >= 0.6 is 0 Å². The van der Waals surface area contributed by atoms with E-state index < -0.39 is 0 Å². The van der Waals surface area contributed by atoms with Crippen LogP contribution in [0.25, 0.3) is 0 Å². The topological polar surface area (TPSA) is 73.0 Å². The molecule has 0 spiro atoms. The molecule has 2 saturated heterocycles. The number of nitrogens with one attached hydrogen (secondary N) is 1. The molecule has 2 aliphatic rings. The second kappa shape index (κ2) is 8.29. The molecule has 0 aromatic carbocycles. The van der Waals surface area contributed by atoms with Crippen LogP contribution in [0.5, 0.6) is 0 Å². The molecule has 7 heteroatoms. The number of nitrogens with zero attached hydrogens (tertiary/aromatic N) is 3. The molecule has 23 heavy (non-hydrogen) atoms. The third kappa shape index (κ3) is 5.20. The fraction of sp³-hybridized carbons (Fsp3) is 0.812. The Morgan fingerprint density at radius 2 is 1.65 bits per heavy atom. The van der Waals surface area contributed by atoms with E-state index in [2.05, 4.69) is 10.2 Å². The molecule has 3 amide bonds. The van der Waals surface area contributed by atoms with Gasteiger partial charge in [0.05, 0.1) is 13.1 Å². The van der Waals surface area contributed by atoms with E-state index in [1.54, 1.807) is 23.9 Å². The monoisotopic (exact) mass is 324 g/mol. The van der Waals surface area contributed by atoms with Gasteiger partial charge in [-0.3, -0.25) is 19.3 Å². The summed E-state index contributed by atoms with van der Waals surface area (Å²) in [5, 5.41) is 2.71. The van der Waals surface area contributed by atoms with Gasteiger partial charge >= 0.3 is 0 Å². The van der Waals surface area contributed by atoms with Gasteiger partial charge in [-0.2, -0.15) is 0 Å². The largest absolute Gasteiger partial charge is 0.349 e. The van der Waals surface area contributed by atoms with Crippen molar-refractivity contribution >= 4 is 17.7 Å². The molecule has 0 aliphatic carbocycles. The quantitative estimate of drug-likeness (QED) is 0.742. The Bertz CT molecular complexity index is 439. The summed E-state index contributed by atoms with van der Waals surface area (Å²) in [6.07, 6.45) is 3.69. The van der Waals surface area contributed by atoms with Crippen molar-refractivity contribution in [2.24, 2.45) is 5.92 Å². The van der Waals surface area contributed by atoms with Crippen molar-refractivity contribution in [3.05, 3.63) is 0 Å². The molecule has 0 aromatic heterocycles. The van der Waals surface area contributed by atoms with Crippen LogP contribution in [0.15, 0.2) is 0 Å². The lowest BCUT2D eigenvalue weighted by Gasteiger charge is -2.31. The molecule has 130 valence electrons. The van der Waals surface area contributed by atoms with Gasteiger partial charge in [0.25, 0.3) is 0 Å². The zero-order valence-corrected chi connectivity index (χ0v) is 14.2. The van der Waals surface area contributed by atoms with Gasteiger partial charge in [0.1, 0.15) is 0 Å². The van der Waals surface area contributed by atoms with E-state index in [1.807, 2.05) is 0 Å². The van der Waals surface area contributed by atoms with Crippen LogP contribution in [0.1, 0.15) is 25.7 Å². The van der Waals surface area contributed by atoms with Crippen molar-refractivity contribution < 1.29 is 14.4 Å². The fourth-order valence-electron chi connectivity index (χ4n) is 3.21. The summed E-state index contributed by atoms with van der Waals surface area (Å²) < 4.78 is 0. The van der Waals surface area contributed by atoms with Crippen molar-refractivity contribution in [3.8, 4) is 0 Å². The van der Waals surface area contributed by atoms with Crippen molar-refractivity contribution in [1.82, 2.24) is 20.0 Å². The van der Waals surface area contributed by atoms with E-state index in [1.165, 1.54) is 0 Å². The summed E-state index contributed by atoms with van der Waals surface area (Å²) in [6.45, 7) is 3.50. The molecule has 0 atom stereocenters. The van der Waals surface area contributed by atoms with Gasteiger partial charge in [0.2, 0.25) is 17.7 Å². The van der Waals surface area contributed by atoms with Crippen LogP contribution in [0.4, 0.5) is 0 Å². The highest BCUT2D eigenvalue weighted by molar-refractivity contribution is 5.85. The van der Waals surface area contributed by atoms with Crippen LogP contribution in [0.2, 0.25) is 0 Å². The van der Waals surface area contributed by atoms with E-state index in [4.69, 9.17) is 0 Å². The molecule has 0 bridgehead atoms. The Hall–Kier alpha value is -1.63. The number of hydrogen-bond acceptors (Lipinski definition) is 4. The van der Waals surface area contributed by atoms with Crippen molar-refractivity contribution in [2.45, 2.75) is 25.7 Å². The summed E-state index contributed by atoms with van der Waals surface area (Å²) in [6, 6.07) is 0. The zero-order chi connectivity index (χ0) is 16.8. The third-order valence-corrected chi connectivity index (χ3v) is 4.64. The minimum Gasteiger partial charge on any atom is -0.349 e. The number of piperidine rings is 1. The van der Waals surface area contributed by atoms with Gasteiger partial charge in [-0.05, 0) is 38.8 Å². The number of hydrogen-bond donors (Lipinski definition) is 1. The Kier molecular flexibility index (Phi) is 6.38. The van der Waals surface area contributed by atoms with Crippen LogP contribution in [0, 0.1) is 5.92 Å². The van der Waals surface area contributed by atoms with Gasteiger partial charge in [-0.25, -0.2) is 0 Å². The second-order valence-corrected chi connectivity index (χ2v) is 6.65. The number of amides is 3. The molecule has 2 fully saturated rings. The number of likely N-dealkylation sites (tertiary alicyclic amines) is 2. The molecule has 1 N–H and O–H groups in total. The number of carbonyl (C=O) groups is 3. The molecular formula is C16H28N4O3. The maximum atomic E-state index is 12.0. The first-order valence-electron chi connectivity index (χ1n) is 8.45. The molecular weight excluding hydrogens is 296 g/mol. The Balaban J connectivity index is 1.64. The van der Waals surface area contributed by atoms with Gasteiger partial charge in [0.15, 0.2) is 0 Å². The summed E-state index contributed by atoms with van der Waals surface area (Å²) in [5.41, 5.74) is 0. The SMILES string of the molecule is CN(C)C(=O)C1CCN(CC(=O)NCC(=O)N2CCCC2)CC1. The molecule has 2 heterocycles. The first-order chi connectivity index (χ1) is 11.0.